The van der Waals surface area contributed by atoms with E-state index in [0.717, 1.165) is 0 Å². The van der Waals surface area contributed by atoms with Crippen LogP contribution in [0.4, 0.5) is 5.95 Å². The summed E-state index contributed by atoms with van der Waals surface area (Å²) in [5.74, 6) is -1.03. The number of carboxylic acids is 1. The number of nitrogens with zero attached hydrogens (tertiary/aromatic N) is 2. The fourth-order valence-electron chi connectivity index (χ4n) is 0.435. The van der Waals surface area contributed by atoms with Crippen LogP contribution in [0.25, 0.3) is 0 Å². The first-order valence-corrected chi connectivity index (χ1v) is 4.35. The van der Waals surface area contributed by atoms with Crippen LogP contribution < -0.4 is 5.73 Å². The van der Waals surface area contributed by atoms with Crippen molar-refractivity contribution in [2.45, 2.75) is 6.04 Å². The summed E-state index contributed by atoms with van der Waals surface area (Å²) in [5, 5.41) is 17.8. The Morgan fingerprint density at radius 2 is 2.47 bits per heavy atom. The molecule has 0 bridgehead atoms. The van der Waals surface area contributed by atoms with Crippen molar-refractivity contribution in [3.63, 3.8) is 0 Å². The minimum atomic E-state index is -1.00. The molecule has 0 aliphatic carbocycles. The van der Waals surface area contributed by atoms with E-state index < -0.39 is 16.9 Å². The van der Waals surface area contributed by atoms with Gasteiger partial charge in [-0.25, -0.2) is 4.98 Å². The number of aromatic nitrogens is 2. The van der Waals surface area contributed by atoms with E-state index in [4.69, 9.17) is 10.8 Å². The highest BCUT2D eigenvalue weighted by Crippen LogP contribution is 1.96. The number of aliphatic carboxylic acids is 1. The van der Waals surface area contributed by atoms with Gasteiger partial charge >= 0.3 is 11.9 Å². The lowest BCUT2D eigenvalue weighted by Gasteiger charge is -1.96. The maximum atomic E-state index is 9.77. The van der Waals surface area contributed by atoms with E-state index >= 15 is 0 Å². The summed E-state index contributed by atoms with van der Waals surface area (Å²) in [4.78, 5) is 24.6. The average molecular weight is 234 g/mol. The molecule has 0 saturated heterocycles. The number of carboxylic acid groups (broad SMARTS) is 1. The first-order chi connectivity index (χ1) is 6.99. The number of nitro groups is 1. The minimum Gasteiger partial charge on any atom is -0.480 e. The van der Waals surface area contributed by atoms with Crippen molar-refractivity contribution in [2.75, 3.05) is 5.75 Å². The van der Waals surface area contributed by atoms with Crippen molar-refractivity contribution in [3.05, 3.63) is 22.5 Å². The topological polar surface area (TPSA) is 135 Å². The number of rotatable bonds is 3. The zero-order chi connectivity index (χ0) is 11.8. The molecule has 4 N–H and O–H groups in total. The van der Waals surface area contributed by atoms with E-state index in [-0.39, 0.29) is 11.7 Å². The molecule has 0 aliphatic rings. The van der Waals surface area contributed by atoms with Crippen molar-refractivity contribution in [3.8, 4) is 0 Å². The number of imidazole rings is 1. The second kappa shape index (κ2) is 6.79. The summed E-state index contributed by atoms with van der Waals surface area (Å²) in [6.45, 7) is 0. The Hall–Kier alpha value is -1.61. The zero-order valence-corrected chi connectivity index (χ0v) is 8.42. The van der Waals surface area contributed by atoms with Gasteiger partial charge in [0.2, 0.25) is 0 Å². The van der Waals surface area contributed by atoms with Crippen LogP contribution in [-0.2, 0) is 4.79 Å². The fourth-order valence-corrected chi connectivity index (χ4v) is 0.591. The summed E-state index contributed by atoms with van der Waals surface area (Å²) in [5.41, 5.74) is 4.94. The Morgan fingerprint density at radius 3 is 2.60 bits per heavy atom. The average Bonchev–Trinajstić information content (AvgIpc) is 2.70. The molecule has 1 unspecified atom stereocenters. The molecule has 15 heavy (non-hydrogen) atoms. The molecule has 8 nitrogen and oxygen atoms in total. The molecule has 0 amide bonds. The molecular formula is C6H10N4O4S. The van der Waals surface area contributed by atoms with E-state index in [1.54, 1.807) is 0 Å². The Balaban J connectivity index is 0.000000265. The number of nitrogens with two attached hydrogens (primary N) is 1. The first kappa shape index (κ1) is 13.4. The minimum absolute atomic E-state index is 0.190. The molecule has 1 aromatic rings. The van der Waals surface area contributed by atoms with Gasteiger partial charge in [-0.3, -0.25) is 4.79 Å². The number of nitrogens with one attached hydrogen (secondary N) is 1. The van der Waals surface area contributed by atoms with Gasteiger partial charge in [0.1, 0.15) is 12.2 Å². The number of hydrogen-bond donors (Lipinski definition) is 4. The van der Waals surface area contributed by atoms with Crippen LogP contribution in [0.3, 0.4) is 0 Å². The van der Waals surface area contributed by atoms with Gasteiger partial charge in [0, 0.05) is 5.75 Å². The molecule has 1 heterocycles. The summed E-state index contributed by atoms with van der Waals surface area (Å²) in [7, 11) is 0. The molecule has 0 aromatic carbocycles. The molecule has 0 saturated carbocycles. The van der Waals surface area contributed by atoms with Gasteiger partial charge in [-0.15, -0.1) is 0 Å². The number of thiol groups is 1. The fraction of sp³-hybridized carbons (Fsp3) is 0.333. The SMILES string of the molecule is NC(CS)C(=O)O.O=[N+]([O-])c1ncc[nH]1. The lowest BCUT2D eigenvalue weighted by molar-refractivity contribution is -0.393. The van der Waals surface area contributed by atoms with Crippen molar-refractivity contribution in [1.29, 1.82) is 0 Å². The standard InChI is InChI=1S/C3H3N3O2.C3H7NO2S/c7-6(8)3-4-1-2-5-3;4-2(1-7)3(5)6/h1-2H,(H,4,5);2,7H,1,4H2,(H,5,6). The van der Waals surface area contributed by atoms with Gasteiger partial charge in [-0.2, -0.15) is 12.6 Å². The Labute approximate surface area is 90.1 Å². The maximum absolute atomic E-state index is 9.77. The largest absolute Gasteiger partial charge is 0.480 e. The van der Waals surface area contributed by atoms with Crippen molar-refractivity contribution >= 4 is 24.5 Å². The predicted octanol–water partition coefficient (Wildman–Crippen LogP) is -0.354. The van der Waals surface area contributed by atoms with Crippen LogP contribution >= 0.6 is 12.6 Å². The third-order valence-corrected chi connectivity index (χ3v) is 1.56. The number of H-pyrrole nitrogens is 1. The van der Waals surface area contributed by atoms with Crippen molar-refractivity contribution in [2.24, 2.45) is 5.73 Å². The van der Waals surface area contributed by atoms with Crippen LogP contribution in [-0.4, -0.2) is 37.8 Å². The molecule has 1 rings (SSSR count). The maximum Gasteiger partial charge on any atom is 0.432 e. The number of carbonyl (C=O) groups is 1. The van der Waals surface area contributed by atoms with Gasteiger partial charge < -0.3 is 21.0 Å². The van der Waals surface area contributed by atoms with Crippen LogP contribution in [0.5, 0.6) is 0 Å². The lowest BCUT2D eigenvalue weighted by atomic mass is 10.4. The summed E-state index contributed by atoms with van der Waals surface area (Å²) in [6.07, 6.45) is 2.73. The molecular weight excluding hydrogens is 224 g/mol. The third kappa shape index (κ3) is 5.65. The quantitative estimate of drug-likeness (QED) is 0.320. The van der Waals surface area contributed by atoms with E-state index in [1.165, 1.54) is 12.4 Å². The Bertz CT molecular complexity index is 315. The van der Waals surface area contributed by atoms with Crippen LogP contribution in [0.15, 0.2) is 12.4 Å². The van der Waals surface area contributed by atoms with E-state index in [9.17, 15) is 14.9 Å². The van der Waals surface area contributed by atoms with Crippen molar-refractivity contribution in [1.82, 2.24) is 9.97 Å². The molecule has 0 fully saturated rings. The highest BCUT2D eigenvalue weighted by atomic mass is 32.1. The summed E-state index contributed by atoms with van der Waals surface area (Å²) in [6, 6.07) is -0.816. The summed E-state index contributed by atoms with van der Waals surface area (Å²) < 4.78 is 0. The predicted molar refractivity (Wildman–Crippen MR) is 54.7 cm³/mol. The van der Waals surface area contributed by atoms with Crippen LogP contribution in [0, 0.1) is 10.1 Å². The molecule has 0 radical (unpaired) electrons. The van der Waals surface area contributed by atoms with Gasteiger partial charge in [0.15, 0.2) is 0 Å². The second-order valence-electron chi connectivity index (χ2n) is 2.30. The number of hydrogen-bond acceptors (Lipinski definition) is 6. The second-order valence-corrected chi connectivity index (χ2v) is 2.66. The zero-order valence-electron chi connectivity index (χ0n) is 7.53. The summed E-state index contributed by atoms with van der Waals surface area (Å²) >= 11 is 3.65. The lowest BCUT2D eigenvalue weighted by Crippen LogP contribution is -2.31. The van der Waals surface area contributed by atoms with Gasteiger partial charge in [0.05, 0.1) is 6.20 Å². The highest BCUT2D eigenvalue weighted by Gasteiger charge is 2.06. The Morgan fingerprint density at radius 1 is 1.87 bits per heavy atom. The Kier molecular flexibility index (Phi) is 6.06. The van der Waals surface area contributed by atoms with Gasteiger partial charge in [-0.05, 0) is 4.92 Å². The molecule has 0 aliphatic heterocycles. The van der Waals surface area contributed by atoms with E-state index in [2.05, 4.69) is 22.6 Å². The van der Waals surface area contributed by atoms with Crippen LogP contribution in [0.2, 0.25) is 0 Å². The smallest absolute Gasteiger partial charge is 0.432 e. The highest BCUT2D eigenvalue weighted by molar-refractivity contribution is 7.80. The normalized spacial score (nSPS) is 11.1. The third-order valence-electron chi connectivity index (χ3n) is 1.17. The molecule has 0 spiro atoms. The monoisotopic (exact) mass is 234 g/mol. The molecule has 1 aromatic heterocycles. The van der Waals surface area contributed by atoms with E-state index in [0.29, 0.717) is 0 Å². The molecule has 9 heteroatoms. The van der Waals surface area contributed by atoms with Crippen LogP contribution in [0.1, 0.15) is 0 Å². The molecule has 1 atom stereocenters. The first-order valence-electron chi connectivity index (χ1n) is 3.72. The van der Waals surface area contributed by atoms with E-state index in [1.807, 2.05) is 0 Å². The van der Waals surface area contributed by atoms with Gasteiger partial charge in [-0.1, -0.05) is 4.98 Å². The molecule has 84 valence electrons. The van der Waals surface area contributed by atoms with Gasteiger partial charge in [0.25, 0.3) is 0 Å². The number of aromatic amines is 1. The van der Waals surface area contributed by atoms with Crippen molar-refractivity contribution < 1.29 is 14.8 Å².